The molecule has 1 aromatic carbocycles. The maximum absolute atomic E-state index is 12.6. The van der Waals surface area contributed by atoms with Gasteiger partial charge in [0.2, 0.25) is 0 Å². The molecule has 0 radical (unpaired) electrons. The summed E-state index contributed by atoms with van der Waals surface area (Å²) in [7, 11) is 0. The molecule has 25 heavy (non-hydrogen) atoms. The van der Waals surface area contributed by atoms with Crippen LogP contribution >= 0.6 is 22.7 Å². The monoisotopic (exact) mass is 372 g/mol. The van der Waals surface area contributed by atoms with Gasteiger partial charge in [-0.15, -0.1) is 11.3 Å². The van der Waals surface area contributed by atoms with Crippen LogP contribution in [-0.4, -0.2) is 16.8 Å². The molecule has 6 nitrogen and oxygen atoms in total. The fraction of sp³-hybridized carbons (Fsp3) is 0.235. The first kappa shape index (κ1) is 16.0. The molecule has 0 saturated heterocycles. The van der Waals surface area contributed by atoms with E-state index in [0.29, 0.717) is 21.3 Å². The van der Waals surface area contributed by atoms with Gasteiger partial charge >= 0.3 is 0 Å². The lowest BCUT2D eigenvalue weighted by Gasteiger charge is -2.11. The van der Waals surface area contributed by atoms with Crippen LogP contribution < -0.4 is 16.8 Å². The number of rotatable bonds is 3. The summed E-state index contributed by atoms with van der Waals surface area (Å²) in [6.07, 6.45) is 3.91. The van der Waals surface area contributed by atoms with Gasteiger partial charge in [-0.3, -0.25) is 9.59 Å². The van der Waals surface area contributed by atoms with E-state index in [9.17, 15) is 9.59 Å². The summed E-state index contributed by atoms with van der Waals surface area (Å²) < 4.78 is 0.853. The molecule has 2 amide bonds. The van der Waals surface area contributed by atoms with Gasteiger partial charge in [-0.2, -0.15) is 0 Å². The van der Waals surface area contributed by atoms with Crippen LogP contribution in [0.15, 0.2) is 18.2 Å². The lowest BCUT2D eigenvalue weighted by Crippen LogP contribution is -2.18. The molecular formula is C17H16N4O2S2. The number of thiazole rings is 1. The van der Waals surface area contributed by atoms with Crippen molar-refractivity contribution in [2.45, 2.75) is 25.7 Å². The standard InChI is InChI=1S/C17H16N4O2S2/c18-14(22)13-9-3-1-2-4-11(9)24-16(13)21-15(23)8-5-6-10-12(7-8)25-17(19)20-10/h5-7H,1-4H2,(H2,18,22)(H2,19,20)(H,21,23). The zero-order chi connectivity index (χ0) is 17.6. The van der Waals surface area contributed by atoms with E-state index in [-0.39, 0.29) is 5.91 Å². The fourth-order valence-corrected chi connectivity index (χ4v) is 5.24. The summed E-state index contributed by atoms with van der Waals surface area (Å²) in [4.78, 5) is 29.9. The molecule has 0 saturated carbocycles. The number of amides is 2. The SMILES string of the molecule is NC(=O)c1c(NC(=O)c2ccc3nc(N)sc3c2)sc2c1CCCC2. The summed E-state index contributed by atoms with van der Waals surface area (Å²) >= 11 is 2.79. The van der Waals surface area contributed by atoms with Crippen molar-refractivity contribution in [1.29, 1.82) is 0 Å². The Bertz CT molecular complexity index is 1010. The van der Waals surface area contributed by atoms with E-state index in [1.807, 2.05) is 0 Å². The van der Waals surface area contributed by atoms with Gasteiger partial charge in [0.15, 0.2) is 5.13 Å². The Hall–Kier alpha value is -2.45. The van der Waals surface area contributed by atoms with Crippen molar-refractivity contribution in [2.75, 3.05) is 11.1 Å². The minimum absolute atomic E-state index is 0.269. The fourth-order valence-electron chi connectivity index (χ4n) is 3.17. The number of nitrogens with one attached hydrogen (secondary N) is 1. The van der Waals surface area contributed by atoms with Gasteiger partial charge in [0.05, 0.1) is 15.8 Å². The number of nitrogens with zero attached hydrogens (tertiary/aromatic N) is 1. The summed E-state index contributed by atoms with van der Waals surface area (Å²) in [6.45, 7) is 0. The first-order valence-corrected chi connectivity index (χ1v) is 9.58. The third-order valence-electron chi connectivity index (χ3n) is 4.31. The summed E-state index contributed by atoms with van der Waals surface area (Å²) in [5, 5.41) is 3.89. The van der Waals surface area contributed by atoms with Crippen LogP contribution in [0.5, 0.6) is 0 Å². The van der Waals surface area contributed by atoms with E-state index < -0.39 is 5.91 Å². The molecule has 0 fully saturated rings. The van der Waals surface area contributed by atoms with Gasteiger partial charge in [0, 0.05) is 10.4 Å². The number of benzene rings is 1. The second kappa shape index (κ2) is 6.12. The zero-order valence-electron chi connectivity index (χ0n) is 13.3. The van der Waals surface area contributed by atoms with Crippen molar-refractivity contribution in [3.63, 3.8) is 0 Å². The molecule has 0 atom stereocenters. The number of primary amides is 1. The lowest BCUT2D eigenvalue weighted by molar-refractivity contribution is 0.100. The predicted molar refractivity (Wildman–Crippen MR) is 101 cm³/mol. The molecule has 4 rings (SSSR count). The summed E-state index contributed by atoms with van der Waals surface area (Å²) in [6, 6.07) is 5.23. The van der Waals surface area contributed by atoms with Gasteiger partial charge in [0.1, 0.15) is 5.00 Å². The van der Waals surface area contributed by atoms with Crippen LogP contribution in [0.1, 0.15) is 44.0 Å². The van der Waals surface area contributed by atoms with Crippen LogP contribution in [0.25, 0.3) is 10.2 Å². The topological polar surface area (TPSA) is 111 Å². The van der Waals surface area contributed by atoms with Crippen molar-refractivity contribution < 1.29 is 9.59 Å². The number of aryl methyl sites for hydroxylation is 1. The molecule has 3 aromatic rings. The molecular weight excluding hydrogens is 356 g/mol. The minimum atomic E-state index is -0.486. The van der Waals surface area contributed by atoms with Crippen molar-refractivity contribution in [3.05, 3.63) is 39.8 Å². The number of thiophene rings is 1. The van der Waals surface area contributed by atoms with Gasteiger partial charge in [-0.05, 0) is 49.4 Å². The smallest absolute Gasteiger partial charge is 0.256 e. The average Bonchev–Trinajstić information content (AvgIpc) is 3.12. The highest BCUT2D eigenvalue weighted by atomic mass is 32.1. The van der Waals surface area contributed by atoms with Crippen molar-refractivity contribution in [1.82, 2.24) is 4.98 Å². The van der Waals surface area contributed by atoms with Gasteiger partial charge in [0.25, 0.3) is 11.8 Å². The average molecular weight is 372 g/mol. The Morgan fingerprint density at radius 2 is 1.96 bits per heavy atom. The molecule has 0 aliphatic heterocycles. The number of anilines is 2. The van der Waals surface area contributed by atoms with Crippen molar-refractivity contribution in [3.8, 4) is 0 Å². The first-order valence-electron chi connectivity index (χ1n) is 7.94. The first-order chi connectivity index (χ1) is 12.0. The Morgan fingerprint density at radius 1 is 1.16 bits per heavy atom. The van der Waals surface area contributed by atoms with E-state index in [1.165, 1.54) is 22.7 Å². The molecule has 0 spiro atoms. The number of nitrogen functional groups attached to an aromatic ring is 1. The lowest BCUT2D eigenvalue weighted by atomic mass is 9.95. The third kappa shape index (κ3) is 2.87. The highest BCUT2D eigenvalue weighted by Gasteiger charge is 2.25. The molecule has 128 valence electrons. The normalized spacial score (nSPS) is 13.6. The number of aromatic nitrogens is 1. The zero-order valence-corrected chi connectivity index (χ0v) is 14.9. The molecule has 0 bridgehead atoms. The summed E-state index contributed by atoms with van der Waals surface area (Å²) in [5.74, 6) is -0.754. The van der Waals surface area contributed by atoms with Crippen LogP contribution in [0.4, 0.5) is 10.1 Å². The van der Waals surface area contributed by atoms with Crippen molar-refractivity contribution >= 4 is 54.8 Å². The number of carbonyl (C=O) groups excluding carboxylic acids is 2. The summed E-state index contributed by atoms with van der Waals surface area (Å²) in [5.41, 5.74) is 14.0. The van der Waals surface area contributed by atoms with Crippen LogP contribution in [0.2, 0.25) is 0 Å². The van der Waals surface area contributed by atoms with Gasteiger partial charge in [-0.1, -0.05) is 11.3 Å². The number of carbonyl (C=O) groups is 2. The van der Waals surface area contributed by atoms with Crippen LogP contribution in [-0.2, 0) is 12.8 Å². The van der Waals surface area contributed by atoms with E-state index in [1.54, 1.807) is 18.2 Å². The number of hydrogen-bond donors (Lipinski definition) is 3. The highest BCUT2D eigenvalue weighted by Crippen LogP contribution is 2.38. The largest absolute Gasteiger partial charge is 0.375 e. The molecule has 2 aromatic heterocycles. The molecule has 1 aliphatic rings. The maximum atomic E-state index is 12.6. The second-order valence-electron chi connectivity index (χ2n) is 5.97. The quantitative estimate of drug-likeness (QED) is 0.655. The van der Waals surface area contributed by atoms with Crippen LogP contribution in [0.3, 0.4) is 0 Å². The predicted octanol–water partition coefficient (Wildman–Crippen LogP) is 3.17. The Labute approximate surface area is 151 Å². The van der Waals surface area contributed by atoms with E-state index in [0.717, 1.165) is 46.3 Å². The molecule has 5 N–H and O–H groups in total. The Kier molecular flexibility index (Phi) is 3.93. The molecule has 0 unspecified atom stereocenters. The van der Waals surface area contributed by atoms with Gasteiger partial charge in [-0.25, -0.2) is 4.98 Å². The number of hydrogen-bond acceptors (Lipinski definition) is 6. The second-order valence-corrected chi connectivity index (χ2v) is 8.14. The van der Waals surface area contributed by atoms with E-state index >= 15 is 0 Å². The number of nitrogens with two attached hydrogens (primary N) is 2. The maximum Gasteiger partial charge on any atom is 0.256 e. The van der Waals surface area contributed by atoms with E-state index in [2.05, 4.69) is 10.3 Å². The third-order valence-corrected chi connectivity index (χ3v) is 6.37. The highest BCUT2D eigenvalue weighted by molar-refractivity contribution is 7.22. The molecule has 1 aliphatic carbocycles. The van der Waals surface area contributed by atoms with Crippen molar-refractivity contribution in [2.24, 2.45) is 5.73 Å². The number of fused-ring (bicyclic) bond motifs is 2. The van der Waals surface area contributed by atoms with Gasteiger partial charge < -0.3 is 16.8 Å². The minimum Gasteiger partial charge on any atom is -0.375 e. The van der Waals surface area contributed by atoms with E-state index in [4.69, 9.17) is 11.5 Å². The molecule has 2 heterocycles. The van der Waals surface area contributed by atoms with Crippen LogP contribution in [0, 0.1) is 0 Å². The Morgan fingerprint density at radius 3 is 2.76 bits per heavy atom. The molecule has 8 heteroatoms. The Balaban J connectivity index is 1.67.